The van der Waals surface area contributed by atoms with Crippen LogP contribution in [0.25, 0.3) is 0 Å². The average Bonchev–Trinajstić information content (AvgIpc) is 2.73. The van der Waals surface area contributed by atoms with Gasteiger partial charge in [0.2, 0.25) is 0 Å². The summed E-state index contributed by atoms with van der Waals surface area (Å²) in [4.78, 5) is 0. The van der Waals surface area contributed by atoms with Gasteiger partial charge in [-0.2, -0.15) is 0 Å². The van der Waals surface area contributed by atoms with Gasteiger partial charge in [0.25, 0.3) is 0 Å². The van der Waals surface area contributed by atoms with Gasteiger partial charge >= 0.3 is 0 Å². The number of methoxy groups -OCH3 is 2. The molecule has 0 spiro atoms. The first-order chi connectivity index (χ1) is 13.6. The second-order valence-electron chi connectivity index (χ2n) is 7.61. The quantitative estimate of drug-likeness (QED) is 0.306. The Morgan fingerprint density at radius 2 is 1.04 bits per heavy atom. The molecule has 1 aromatic carbocycles. The Labute approximate surface area is 172 Å². The number of rotatable bonds is 16. The molecule has 4 heteroatoms. The van der Waals surface area contributed by atoms with Crippen LogP contribution >= 0.6 is 0 Å². The summed E-state index contributed by atoms with van der Waals surface area (Å²) in [6.07, 6.45) is 9.56. The Morgan fingerprint density at radius 1 is 0.643 bits per heavy atom. The summed E-state index contributed by atoms with van der Waals surface area (Å²) < 4.78 is 23.4. The Kier molecular flexibility index (Phi) is 12.6. The van der Waals surface area contributed by atoms with Crippen LogP contribution in [0, 0.1) is 11.8 Å². The van der Waals surface area contributed by atoms with Crippen molar-refractivity contribution in [3.8, 4) is 23.0 Å². The highest BCUT2D eigenvalue weighted by Gasteiger charge is 2.17. The molecule has 0 heterocycles. The maximum Gasteiger partial charge on any atom is 0.165 e. The fourth-order valence-corrected chi connectivity index (χ4v) is 3.28. The van der Waals surface area contributed by atoms with E-state index in [-0.39, 0.29) is 0 Å². The van der Waals surface area contributed by atoms with Crippen LogP contribution in [0.5, 0.6) is 23.0 Å². The van der Waals surface area contributed by atoms with E-state index in [4.69, 9.17) is 18.9 Å². The SMILES string of the molecule is CCCCC(CC)COc1cc(OC)c(OCC(CC)CCCC)cc1OC. The van der Waals surface area contributed by atoms with E-state index in [2.05, 4.69) is 27.7 Å². The molecule has 2 atom stereocenters. The van der Waals surface area contributed by atoms with Gasteiger partial charge in [-0.05, 0) is 24.7 Å². The van der Waals surface area contributed by atoms with Gasteiger partial charge in [-0.3, -0.25) is 0 Å². The lowest BCUT2D eigenvalue weighted by Crippen LogP contribution is -2.13. The molecular formula is C24H42O4. The number of unbranched alkanes of at least 4 members (excludes halogenated alkanes) is 2. The molecule has 0 aliphatic rings. The first-order valence-corrected chi connectivity index (χ1v) is 11.1. The highest BCUT2D eigenvalue weighted by atomic mass is 16.5. The van der Waals surface area contributed by atoms with E-state index >= 15 is 0 Å². The van der Waals surface area contributed by atoms with Crippen molar-refractivity contribution >= 4 is 0 Å². The van der Waals surface area contributed by atoms with Crippen LogP contribution in [0.4, 0.5) is 0 Å². The zero-order valence-corrected chi connectivity index (χ0v) is 19.0. The van der Waals surface area contributed by atoms with Gasteiger partial charge < -0.3 is 18.9 Å². The molecule has 0 radical (unpaired) electrons. The first-order valence-electron chi connectivity index (χ1n) is 11.1. The van der Waals surface area contributed by atoms with Crippen molar-refractivity contribution < 1.29 is 18.9 Å². The van der Waals surface area contributed by atoms with Gasteiger partial charge in [0.15, 0.2) is 23.0 Å². The van der Waals surface area contributed by atoms with Gasteiger partial charge in [-0.15, -0.1) is 0 Å². The largest absolute Gasteiger partial charge is 0.493 e. The highest BCUT2D eigenvalue weighted by Crippen LogP contribution is 2.40. The zero-order valence-electron chi connectivity index (χ0n) is 19.0. The molecule has 0 bridgehead atoms. The van der Waals surface area contributed by atoms with Crippen LogP contribution < -0.4 is 18.9 Å². The molecule has 4 nitrogen and oxygen atoms in total. The van der Waals surface area contributed by atoms with E-state index in [1.54, 1.807) is 14.2 Å². The third-order valence-electron chi connectivity index (χ3n) is 5.49. The molecule has 0 amide bonds. The third-order valence-corrected chi connectivity index (χ3v) is 5.49. The van der Waals surface area contributed by atoms with E-state index in [1.165, 1.54) is 38.5 Å². The second-order valence-corrected chi connectivity index (χ2v) is 7.61. The van der Waals surface area contributed by atoms with Crippen molar-refractivity contribution in [3.63, 3.8) is 0 Å². The van der Waals surface area contributed by atoms with E-state index in [0.29, 0.717) is 36.5 Å². The minimum atomic E-state index is 0.565. The summed E-state index contributed by atoms with van der Waals surface area (Å²) in [5.74, 6) is 3.97. The highest BCUT2D eigenvalue weighted by molar-refractivity contribution is 5.54. The Bertz CT molecular complexity index is 482. The smallest absolute Gasteiger partial charge is 0.165 e. The predicted molar refractivity (Wildman–Crippen MR) is 117 cm³/mol. The molecule has 0 aromatic heterocycles. The minimum Gasteiger partial charge on any atom is -0.493 e. The van der Waals surface area contributed by atoms with Gasteiger partial charge in [-0.25, -0.2) is 0 Å². The van der Waals surface area contributed by atoms with Crippen molar-refractivity contribution in [3.05, 3.63) is 12.1 Å². The molecule has 0 aliphatic carbocycles. The molecule has 0 saturated heterocycles. The van der Waals surface area contributed by atoms with Gasteiger partial charge in [-0.1, -0.05) is 66.2 Å². The fourth-order valence-electron chi connectivity index (χ4n) is 3.28. The van der Waals surface area contributed by atoms with Crippen molar-refractivity contribution in [1.82, 2.24) is 0 Å². The van der Waals surface area contributed by atoms with E-state index in [1.807, 2.05) is 12.1 Å². The van der Waals surface area contributed by atoms with Crippen molar-refractivity contribution in [2.24, 2.45) is 11.8 Å². The van der Waals surface area contributed by atoms with Crippen LogP contribution in [-0.2, 0) is 0 Å². The standard InChI is InChI=1S/C24H42O4/c1-7-11-13-19(9-3)17-27-23-15-22(26-6)24(16-21(23)25-5)28-18-20(10-4)14-12-8-2/h15-16,19-20H,7-14,17-18H2,1-6H3. The maximum absolute atomic E-state index is 6.11. The first kappa shape index (κ1) is 24.5. The van der Waals surface area contributed by atoms with Gasteiger partial charge in [0.1, 0.15) is 0 Å². The lowest BCUT2D eigenvalue weighted by molar-refractivity contribution is 0.213. The normalized spacial score (nSPS) is 13.1. The molecule has 0 N–H and O–H groups in total. The molecule has 0 saturated carbocycles. The zero-order chi connectivity index (χ0) is 20.8. The Morgan fingerprint density at radius 3 is 1.32 bits per heavy atom. The van der Waals surface area contributed by atoms with Crippen LogP contribution in [0.3, 0.4) is 0 Å². The molecule has 1 aromatic rings. The summed E-state index contributed by atoms with van der Waals surface area (Å²) in [5.41, 5.74) is 0. The molecule has 162 valence electrons. The van der Waals surface area contributed by atoms with Crippen LogP contribution in [0.1, 0.15) is 79.1 Å². The van der Waals surface area contributed by atoms with Crippen molar-refractivity contribution in [1.29, 1.82) is 0 Å². The number of ether oxygens (including phenoxy) is 4. The van der Waals surface area contributed by atoms with Crippen LogP contribution in [0.15, 0.2) is 12.1 Å². The number of benzene rings is 1. The molecular weight excluding hydrogens is 352 g/mol. The third kappa shape index (κ3) is 8.20. The molecule has 0 aliphatic heterocycles. The van der Waals surface area contributed by atoms with E-state index < -0.39 is 0 Å². The summed E-state index contributed by atoms with van der Waals surface area (Å²) in [6.45, 7) is 10.3. The average molecular weight is 395 g/mol. The van der Waals surface area contributed by atoms with Crippen molar-refractivity contribution in [2.45, 2.75) is 79.1 Å². The molecule has 2 unspecified atom stereocenters. The summed E-state index contributed by atoms with van der Waals surface area (Å²) in [5, 5.41) is 0. The predicted octanol–water partition coefficient (Wildman–Crippen LogP) is 6.89. The Hall–Kier alpha value is -1.58. The fraction of sp³-hybridized carbons (Fsp3) is 0.750. The number of hydrogen-bond donors (Lipinski definition) is 0. The second kappa shape index (κ2) is 14.4. The van der Waals surface area contributed by atoms with Gasteiger partial charge in [0, 0.05) is 12.1 Å². The summed E-state index contributed by atoms with van der Waals surface area (Å²) in [6, 6.07) is 3.79. The summed E-state index contributed by atoms with van der Waals surface area (Å²) in [7, 11) is 3.34. The summed E-state index contributed by atoms with van der Waals surface area (Å²) >= 11 is 0. The van der Waals surface area contributed by atoms with E-state index in [0.717, 1.165) is 24.3 Å². The maximum atomic E-state index is 6.11. The molecule has 0 fully saturated rings. The molecule has 28 heavy (non-hydrogen) atoms. The number of hydrogen-bond acceptors (Lipinski definition) is 4. The Balaban J connectivity index is 2.83. The van der Waals surface area contributed by atoms with Crippen molar-refractivity contribution in [2.75, 3.05) is 27.4 Å². The van der Waals surface area contributed by atoms with Gasteiger partial charge in [0.05, 0.1) is 27.4 Å². The van der Waals surface area contributed by atoms with Crippen LogP contribution in [-0.4, -0.2) is 27.4 Å². The monoisotopic (exact) mass is 394 g/mol. The topological polar surface area (TPSA) is 36.9 Å². The lowest BCUT2D eigenvalue weighted by Gasteiger charge is -2.20. The molecule has 1 rings (SSSR count). The van der Waals surface area contributed by atoms with Crippen LogP contribution in [0.2, 0.25) is 0 Å². The van der Waals surface area contributed by atoms with E-state index in [9.17, 15) is 0 Å². The lowest BCUT2D eigenvalue weighted by atomic mass is 10.0. The minimum absolute atomic E-state index is 0.565.